The number of carboxylic acids is 1. The smallest absolute Gasteiger partial charge is 0.326 e. The summed E-state index contributed by atoms with van der Waals surface area (Å²) in [6, 6.07) is 6.61. The van der Waals surface area contributed by atoms with Gasteiger partial charge in [0.1, 0.15) is 11.6 Å². The fraction of sp³-hybridized carbons (Fsp3) is 0.333. The quantitative estimate of drug-likeness (QED) is 0.912. The van der Waals surface area contributed by atoms with Gasteiger partial charge in [-0.1, -0.05) is 11.6 Å². The second kappa shape index (κ2) is 4.67. The van der Waals surface area contributed by atoms with E-state index < -0.39 is 12.0 Å². The maximum absolute atomic E-state index is 12.4. The van der Waals surface area contributed by atoms with Gasteiger partial charge in [0.05, 0.1) is 0 Å². The van der Waals surface area contributed by atoms with Crippen molar-refractivity contribution in [3.05, 3.63) is 35.6 Å². The molecule has 1 aromatic heterocycles. The Morgan fingerprint density at radius 1 is 1.35 bits per heavy atom. The molecule has 5 heteroatoms. The number of carboxylic acid groups (broad SMARTS) is 1. The molecule has 2 aromatic rings. The standard InChI is InChI=1S/C15H15NO4/c1-9-4-5-12-10(7-9)8-13(20-12)14(17)16-6-2-3-11(16)15(18)19/h4-5,7-8,11H,2-3,6H2,1H3,(H,18,19)/t11-/m0/s1. The lowest BCUT2D eigenvalue weighted by Crippen LogP contribution is -2.40. The SMILES string of the molecule is Cc1ccc2oc(C(=O)N3CCC[C@H]3C(=O)O)cc2c1. The van der Waals surface area contributed by atoms with Crippen molar-refractivity contribution >= 4 is 22.8 Å². The van der Waals surface area contributed by atoms with Gasteiger partial charge in [-0.05, 0) is 38.0 Å². The first-order valence-corrected chi connectivity index (χ1v) is 6.60. The van der Waals surface area contributed by atoms with Gasteiger partial charge in [0.15, 0.2) is 5.76 Å². The highest BCUT2D eigenvalue weighted by molar-refractivity contribution is 5.98. The normalized spacial score (nSPS) is 18.6. The summed E-state index contributed by atoms with van der Waals surface area (Å²) in [5, 5.41) is 9.99. The van der Waals surface area contributed by atoms with Crippen LogP contribution in [0.25, 0.3) is 11.0 Å². The van der Waals surface area contributed by atoms with Crippen LogP contribution in [0, 0.1) is 6.92 Å². The molecule has 20 heavy (non-hydrogen) atoms. The Kier molecular flexibility index (Phi) is 2.97. The van der Waals surface area contributed by atoms with Crippen molar-refractivity contribution in [1.29, 1.82) is 0 Å². The lowest BCUT2D eigenvalue weighted by atomic mass is 10.2. The Labute approximate surface area is 115 Å². The molecule has 0 radical (unpaired) electrons. The predicted octanol–water partition coefficient (Wildman–Crippen LogP) is 2.43. The molecule has 5 nitrogen and oxygen atoms in total. The number of rotatable bonds is 2. The molecule has 0 spiro atoms. The number of nitrogens with zero attached hydrogens (tertiary/aromatic N) is 1. The second-order valence-electron chi connectivity index (χ2n) is 5.15. The van der Waals surface area contributed by atoms with Crippen LogP contribution in [0.3, 0.4) is 0 Å². The Hall–Kier alpha value is -2.30. The third-order valence-corrected chi connectivity index (χ3v) is 3.68. The molecule has 1 aliphatic rings. The van der Waals surface area contributed by atoms with Crippen LogP contribution in [0.1, 0.15) is 29.0 Å². The third kappa shape index (κ3) is 2.05. The first kappa shape index (κ1) is 12.7. The Morgan fingerprint density at radius 3 is 2.90 bits per heavy atom. The number of benzene rings is 1. The van der Waals surface area contributed by atoms with Crippen LogP contribution >= 0.6 is 0 Å². The van der Waals surface area contributed by atoms with E-state index in [2.05, 4.69) is 0 Å². The number of hydrogen-bond acceptors (Lipinski definition) is 3. The van der Waals surface area contributed by atoms with Gasteiger partial charge in [0.2, 0.25) is 0 Å². The number of furan rings is 1. The van der Waals surface area contributed by atoms with Gasteiger partial charge in [0, 0.05) is 11.9 Å². The fourth-order valence-corrected chi connectivity index (χ4v) is 2.68. The average molecular weight is 273 g/mol. The number of aryl methyl sites for hydroxylation is 1. The van der Waals surface area contributed by atoms with E-state index in [1.807, 2.05) is 25.1 Å². The molecule has 1 fully saturated rings. The molecular formula is C15H15NO4. The van der Waals surface area contributed by atoms with Crippen LogP contribution in [0.15, 0.2) is 28.7 Å². The van der Waals surface area contributed by atoms with E-state index >= 15 is 0 Å². The van der Waals surface area contributed by atoms with Crippen molar-refractivity contribution in [3.63, 3.8) is 0 Å². The number of carbonyl (C=O) groups is 2. The van der Waals surface area contributed by atoms with E-state index in [4.69, 9.17) is 9.52 Å². The Balaban J connectivity index is 1.94. The fourth-order valence-electron chi connectivity index (χ4n) is 2.68. The summed E-state index contributed by atoms with van der Waals surface area (Å²) < 4.78 is 5.54. The first-order valence-electron chi connectivity index (χ1n) is 6.60. The molecule has 104 valence electrons. The molecule has 1 atom stereocenters. The van der Waals surface area contributed by atoms with Gasteiger partial charge in [-0.15, -0.1) is 0 Å². The minimum Gasteiger partial charge on any atom is -0.480 e. The van der Waals surface area contributed by atoms with E-state index in [-0.39, 0.29) is 11.7 Å². The molecule has 3 rings (SSSR count). The van der Waals surface area contributed by atoms with Crippen LogP contribution < -0.4 is 0 Å². The number of fused-ring (bicyclic) bond motifs is 1. The number of likely N-dealkylation sites (tertiary alicyclic amines) is 1. The van der Waals surface area contributed by atoms with E-state index in [0.29, 0.717) is 25.0 Å². The Morgan fingerprint density at radius 2 is 2.15 bits per heavy atom. The van der Waals surface area contributed by atoms with Crippen molar-refractivity contribution < 1.29 is 19.1 Å². The van der Waals surface area contributed by atoms with Crippen LogP contribution in [0.5, 0.6) is 0 Å². The number of aliphatic carboxylic acids is 1. The Bertz CT molecular complexity index is 688. The third-order valence-electron chi connectivity index (χ3n) is 3.68. The molecule has 0 unspecified atom stereocenters. The molecule has 1 aromatic carbocycles. The molecule has 0 bridgehead atoms. The van der Waals surface area contributed by atoms with Gasteiger partial charge in [-0.3, -0.25) is 4.79 Å². The van der Waals surface area contributed by atoms with Crippen LogP contribution in [-0.4, -0.2) is 34.5 Å². The summed E-state index contributed by atoms with van der Waals surface area (Å²) in [7, 11) is 0. The number of hydrogen-bond donors (Lipinski definition) is 1. The van der Waals surface area contributed by atoms with Gasteiger partial charge in [-0.25, -0.2) is 4.79 Å². The van der Waals surface area contributed by atoms with Crippen LogP contribution in [0.2, 0.25) is 0 Å². The minimum atomic E-state index is -0.956. The average Bonchev–Trinajstić information content (AvgIpc) is 3.03. The molecule has 1 N–H and O–H groups in total. The van der Waals surface area contributed by atoms with Gasteiger partial charge in [0.25, 0.3) is 5.91 Å². The van der Waals surface area contributed by atoms with E-state index in [0.717, 1.165) is 10.9 Å². The summed E-state index contributed by atoms with van der Waals surface area (Å²) in [4.78, 5) is 24.9. The van der Waals surface area contributed by atoms with Gasteiger partial charge < -0.3 is 14.4 Å². The lowest BCUT2D eigenvalue weighted by molar-refractivity contribution is -0.141. The van der Waals surface area contributed by atoms with E-state index in [1.165, 1.54) is 4.90 Å². The maximum atomic E-state index is 12.4. The van der Waals surface area contributed by atoms with Crippen LogP contribution in [0.4, 0.5) is 0 Å². The highest BCUT2D eigenvalue weighted by Crippen LogP contribution is 2.25. The van der Waals surface area contributed by atoms with Crippen molar-refractivity contribution in [2.24, 2.45) is 0 Å². The van der Waals surface area contributed by atoms with Crippen molar-refractivity contribution in [2.75, 3.05) is 6.54 Å². The molecule has 0 aliphatic carbocycles. The van der Waals surface area contributed by atoms with Crippen LogP contribution in [-0.2, 0) is 4.79 Å². The summed E-state index contributed by atoms with van der Waals surface area (Å²) >= 11 is 0. The zero-order valence-corrected chi connectivity index (χ0v) is 11.1. The molecule has 1 saturated heterocycles. The van der Waals surface area contributed by atoms with Crippen molar-refractivity contribution in [2.45, 2.75) is 25.8 Å². The van der Waals surface area contributed by atoms with Crippen molar-refractivity contribution in [1.82, 2.24) is 4.90 Å². The zero-order chi connectivity index (χ0) is 14.3. The topological polar surface area (TPSA) is 70.8 Å². The lowest BCUT2D eigenvalue weighted by Gasteiger charge is -2.19. The molecule has 1 amide bonds. The molecular weight excluding hydrogens is 258 g/mol. The molecule has 2 heterocycles. The molecule has 0 saturated carbocycles. The second-order valence-corrected chi connectivity index (χ2v) is 5.15. The highest BCUT2D eigenvalue weighted by Gasteiger charge is 2.35. The number of carbonyl (C=O) groups excluding carboxylic acids is 1. The summed E-state index contributed by atoms with van der Waals surface area (Å²) in [5.74, 6) is -1.09. The van der Waals surface area contributed by atoms with E-state index in [9.17, 15) is 9.59 Å². The zero-order valence-electron chi connectivity index (χ0n) is 11.1. The largest absolute Gasteiger partial charge is 0.480 e. The first-order chi connectivity index (χ1) is 9.56. The minimum absolute atomic E-state index is 0.207. The summed E-state index contributed by atoms with van der Waals surface area (Å²) in [6.45, 7) is 2.43. The summed E-state index contributed by atoms with van der Waals surface area (Å²) in [5.41, 5.74) is 1.73. The maximum Gasteiger partial charge on any atom is 0.326 e. The van der Waals surface area contributed by atoms with E-state index in [1.54, 1.807) is 6.07 Å². The highest BCUT2D eigenvalue weighted by atomic mass is 16.4. The predicted molar refractivity (Wildman–Crippen MR) is 72.6 cm³/mol. The number of amides is 1. The van der Waals surface area contributed by atoms with Crippen molar-refractivity contribution in [3.8, 4) is 0 Å². The van der Waals surface area contributed by atoms with Gasteiger partial charge >= 0.3 is 5.97 Å². The molecule has 1 aliphatic heterocycles. The monoisotopic (exact) mass is 273 g/mol. The van der Waals surface area contributed by atoms with Gasteiger partial charge in [-0.2, -0.15) is 0 Å². The summed E-state index contributed by atoms with van der Waals surface area (Å²) in [6.07, 6.45) is 1.21.